The Labute approximate surface area is 155 Å². The van der Waals surface area contributed by atoms with E-state index in [0.717, 1.165) is 17.8 Å². The van der Waals surface area contributed by atoms with Crippen LogP contribution in [0, 0.1) is 17.2 Å². The topological polar surface area (TPSA) is 56.1 Å². The summed E-state index contributed by atoms with van der Waals surface area (Å²) in [6.45, 7) is 1.01. The Hall–Kier alpha value is -3.01. The number of carbonyl (C=O) groups excluding carboxylic acids is 1. The maximum Gasteiger partial charge on any atom is 0.416 e. The van der Waals surface area contributed by atoms with Gasteiger partial charge in [-0.25, -0.2) is 0 Å². The van der Waals surface area contributed by atoms with Crippen LogP contribution in [0.4, 0.5) is 24.5 Å². The number of halogens is 3. The van der Waals surface area contributed by atoms with Crippen molar-refractivity contribution in [2.24, 2.45) is 5.92 Å². The lowest BCUT2D eigenvalue weighted by Gasteiger charge is -2.33. The smallest absolute Gasteiger partial charge is 0.370 e. The first-order valence-corrected chi connectivity index (χ1v) is 8.60. The van der Waals surface area contributed by atoms with Crippen LogP contribution in [0.15, 0.2) is 48.5 Å². The van der Waals surface area contributed by atoms with Gasteiger partial charge < -0.3 is 10.2 Å². The minimum atomic E-state index is -4.48. The summed E-state index contributed by atoms with van der Waals surface area (Å²) < 4.78 is 38.5. The monoisotopic (exact) mass is 373 g/mol. The Kier molecular flexibility index (Phi) is 5.36. The molecule has 1 saturated heterocycles. The third-order valence-corrected chi connectivity index (χ3v) is 4.69. The average Bonchev–Trinajstić information content (AvgIpc) is 2.67. The van der Waals surface area contributed by atoms with E-state index in [1.165, 1.54) is 6.07 Å². The van der Waals surface area contributed by atoms with E-state index in [1.807, 2.05) is 41.3 Å². The van der Waals surface area contributed by atoms with Crippen molar-refractivity contribution < 1.29 is 18.0 Å². The predicted octanol–water partition coefficient (Wildman–Crippen LogP) is 4.43. The van der Waals surface area contributed by atoms with Crippen molar-refractivity contribution in [2.75, 3.05) is 23.3 Å². The third-order valence-electron chi connectivity index (χ3n) is 4.69. The number of alkyl halides is 3. The fraction of sp³-hybridized carbons (Fsp3) is 0.300. The molecule has 1 N–H and O–H groups in total. The predicted molar refractivity (Wildman–Crippen MR) is 96.2 cm³/mol. The number of nitriles is 1. The normalized spacial score (nSPS) is 15.3. The molecule has 1 fully saturated rings. The van der Waals surface area contributed by atoms with Crippen molar-refractivity contribution in [1.29, 1.82) is 5.26 Å². The highest BCUT2D eigenvalue weighted by Gasteiger charge is 2.32. The second kappa shape index (κ2) is 7.70. The van der Waals surface area contributed by atoms with Gasteiger partial charge in [-0.05, 0) is 43.2 Å². The number of hydrogen-bond acceptors (Lipinski definition) is 3. The van der Waals surface area contributed by atoms with Crippen molar-refractivity contribution >= 4 is 17.3 Å². The number of benzene rings is 2. The maximum absolute atomic E-state index is 12.8. The number of amides is 1. The number of nitrogens with one attached hydrogen (secondary N) is 1. The number of nitrogens with zero attached hydrogens (tertiary/aromatic N) is 2. The van der Waals surface area contributed by atoms with Crippen LogP contribution in [0.25, 0.3) is 0 Å². The maximum atomic E-state index is 12.8. The van der Waals surface area contributed by atoms with Crippen molar-refractivity contribution in [3.63, 3.8) is 0 Å². The molecule has 7 heteroatoms. The zero-order valence-corrected chi connectivity index (χ0v) is 14.5. The van der Waals surface area contributed by atoms with Gasteiger partial charge in [0.1, 0.15) is 6.07 Å². The van der Waals surface area contributed by atoms with Crippen LogP contribution in [0.5, 0.6) is 0 Å². The van der Waals surface area contributed by atoms with Gasteiger partial charge in [-0.3, -0.25) is 4.79 Å². The molecule has 0 aliphatic carbocycles. The van der Waals surface area contributed by atoms with Crippen LogP contribution in [0.3, 0.4) is 0 Å². The molecule has 2 aromatic rings. The van der Waals surface area contributed by atoms with Crippen molar-refractivity contribution in [3.05, 3.63) is 59.7 Å². The van der Waals surface area contributed by atoms with Gasteiger partial charge in [0, 0.05) is 24.7 Å². The SMILES string of the molecule is N#Cc1cc(C(F)(F)F)ccc1N1CCC(C(=O)Nc2ccccc2)CC1. The largest absolute Gasteiger partial charge is 0.416 e. The summed E-state index contributed by atoms with van der Waals surface area (Å²) in [5, 5.41) is 12.1. The molecule has 1 aliphatic heterocycles. The van der Waals surface area contributed by atoms with E-state index in [2.05, 4.69) is 5.32 Å². The molecule has 0 unspecified atom stereocenters. The number of piperidine rings is 1. The van der Waals surface area contributed by atoms with E-state index in [0.29, 0.717) is 31.6 Å². The molecule has 27 heavy (non-hydrogen) atoms. The molecule has 1 heterocycles. The summed E-state index contributed by atoms with van der Waals surface area (Å²) in [5.41, 5.74) is 0.379. The number of hydrogen-bond donors (Lipinski definition) is 1. The van der Waals surface area contributed by atoms with Crippen LogP contribution in [-0.4, -0.2) is 19.0 Å². The zero-order valence-electron chi connectivity index (χ0n) is 14.5. The Morgan fingerprint density at radius 3 is 2.37 bits per heavy atom. The van der Waals surface area contributed by atoms with Crippen LogP contribution in [0.2, 0.25) is 0 Å². The van der Waals surface area contributed by atoms with E-state index in [-0.39, 0.29) is 17.4 Å². The fourth-order valence-corrected chi connectivity index (χ4v) is 3.23. The van der Waals surface area contributed by atoms with Gasteiger partial charge in [0.2, 0.25) is 5.91 Å². The van der Waals surface area contributed by atoms with Crippen LogP contribution >= 0.6 is 0 Å². The Balaban J connectivity index is 1.65. The molecule has 0 spiro atoms. The highest BCUT2D eigenvalue weighted by Crippen LogP contribution is 2.34. The molecule has 0 aromatic heterocycles. The summed E-state index contributed by atoms with van der Waals surface area (Å²) in [7, 11) is 0. The van der Waals surface area contributed by atoms with E-state index >= 15 is 0 Å². The molecule has 0 saturated carbocycles. The molecule has 0 radical (unpaired) electrons. The van der Waals surface area contributed by atoms with Gasteiger partial charge >= 0.3 is 6.18 Å². The second-order valence-electron chi connectivity index (χ2n) is 6.46. The Bertz CT molecular complexity index is 851. The molecule has 3 rings (SSSR count). The van der Waals surface area contributed by atoms with Crippen LogP contribution in [0.1, 0.15) is 24.0 Å². The molecule has 0 atom stereocenters. The molecule has 2 aromatic carbocycles. The Morgan fingerprint density at radius 1 is 1.11 bits per heavy atom. The van der Waals surface area contributed by atoms with Crippen LogP contribution in [-0.2, 0) is 11.0 Å². The molecule has 140 valence electrons. The minimum absolute atomic E-state index is 0.00277. The zero-order chi connectivity index (χ0) is 19.4. The summed E-state index contributed by atoms with van der Waals surface area (Å²) >= 11 is 0. The average molecular weight is 373 g/mol. The van der Waals surface area contributed by atoms with Gasteiger partial charge in [-0.1, -0.05) is 18.2 Å². The second-order valence-corrected chi connectivity index (χ2v) is 6.46. The lowest BCUT2D eigenvalue weighted by atomic mass is 9.94. The van der Waals surface area contributed by atoms with E-state index in [9.17, 15) is 23.2 Å². The van der Waals surface area contributed by atoms with E-state index < -0.39 is 11.7 Å². The Morgan fingerprint density at radius 2 is 1.78 bits per heavy atom. The lowest BCUT2D eigenvalue weighted by Crippen LogP contribution is -2.38. The quantitative estimate of drug-likeness (QED) is 0.866. The number of para-hydroxylation sites is 1. The van der Waals surface area contributed by atoms with E-state index in [1.54, 1.807) is 0 Å². The molecule has 4 nitrogen and oxygen atoms in total. The fourth-order valence-electron chi connectivity index (χ4n) is 3.23. The third kappa shape index (κ3) is 4.40. The molecule has 1 amide bonds. The van der Waals surface area contributed by atoms with Gasteiger partial charge in [0.15, 0.2) is 0 Å². The number of rotatable bonds is 3. The van der Waals surface area contributed by atoms with Gasteiger partial charge in [-0.15, -0.1) is 0 Å². The first kappa shape index (κ1) is 18.8. The minimum Gasteiger partial charge on any atom is -0.370 e. The van der Waals surface area contributed by atoms with Gasteiger partial charge in [0.25, 0.3) is 0 Å². The summed E-state index contributed by atoms with van der Waals surface area (Å²) in [5.74, 6) is -0.227. The van der Waals surface area contributed by atoms with Crippen molar-refractivity contribution in [1.82, 2.24) is 0 Å². The summed E-state index contributed by atoms with van der Waals surface area (Å²) in [6.07, 6.45) is -3.33. The highest BCUT2D eigenvalue weighted by molar-refractivity contribution is 5.92. The standard InChI is InChI=1S/C20H18F3N3O/c21-20(22,23)16-6-7-18(15(12-16)13-24)26-10-8-14(9-11-26)19(27)25-17-4-2-1-3-5-17/h1-7,12,14H,8-11H2,(H,25,27). The van der Waals surface area contributed by atoms with Gasteiger partial charge in [0.05, 0.1) is 16.8 Å². The summed E-state index contributed by atoms with van der Waals surface area (Å²) in [4.78, 5) is 14.2. The first-order valence-electron chi connectivity index (χ1n) is 8.60. The van der Waals surface area contributed by atoms with Gasteiger partial charge in [-0.2, -0.15) is 18.4 Å². The molecular formula is C20H18F3N3O. The molecule has 0 bridgehead atoms. The lowest BCUT2D eigenvalue weighted by molar-refractivity contribution is -0.137. The number of carbonyl (C=O) groups is 1. The molecule has 1 aliphatic rings. The van der Waals surface area contributed by atoms with Crippen molar-refractivity contribution in [3.8, 4) is 6.07 Å². The highest BCUT2D eigenvalue weighted by atomic mass is 19.4. The van der Waals surface area contributed by atoms with Crippen LogP contribution < -0.4 is 10.2 Å². The molecular weight excluding hydrogens is 355 g/mol. The number of anilines is 2. The van der Waals surface area contributed by atoms with E-state index in [4.69, 9.17) is 0 Å². The summed E-state index contributed by atoms with van der Waals surface area (Å²) in [6, 6.07) is 14.2. The first-order chi connectivity index (χ1) is 12.9. The van der Waals surface area contributed by atoms with Crippen molar-refractivity contribution in [2.45, 2.75) is 19.0 Å².